The summed E-state index contributed by atoms with van der Waals surface area (Å²) in [5.41, 5.74) is 10.7. The van der Waals surface area contributed by atoms with Gasteiger partial charge in [0.1, 0.15) is 11.4 Å². The van der Waals surface area contributed by atoms with Gasteiger partial charge in [0.2, 0.25) is 5.82 Å². The van der Waals surface area contributed by atoms with Gasteiger partial charge in [0.05, 0.1) is 0 Å². The van der Waals surface area contributed by atoms with Crippen LogP contribution >= 0.6 is 0 Å². The minimum Gasteiger partial charge on any atom is -0.403 e. The molecule has 0 aliphatic carbocycles. The van der Waals surface area contributed by atoms with Crippen LogP contribution in [0.5, 0.6) is 0 Å². The summed E-state index contributed by atoms with van der Waals surface area (Å²) in [7, 11) is 0. The molecule has 6 nitrogen and oxygen atoms in total. The molecule has 0 aliphatic rings. The summed E-state index contributed by atoms with van der Waals surface area (Å²) < 4.78 is 0. The first-order valence-corrected chi connectivity index (χ1v) is 8.51. The first-order valence-electron chi connectivity index (χ1n) is 8.51. The predicted octanol–water partition coefficient (Wildman–Crippen LogP) is 3.54. The van der Waals surface area contributed by atoms with Crippen molar-refractivity contribution in [1.82, 2.24) is 25.2 Å². The summed E-state index contributed by atoms with van der Waals surface area (Å²) in [5.74, 6) is 0.769. The third kappa shape index (κ3) is 3.85. The fourth-order valence-corrected chi connectivity index (χ4v) is 2.66. The average molecular weight is 346 g/mol. The number of nitrogens with two attached hydrogens (primary N) is 1. The average Bonchev–Trinajstić information content (AvgIpc) is 3.13. The minimum absolute atomic E-state index is 0.311. The van der Waals surface area contributed by atoms with Crippen molar-refractivity contribution in [3.05, 3.63) is 72.1 Å². The van der Waals surface area contributed by atoms with Crippen LogP contribution in [0.2, 0.25) is 0 Å². The lowest BCUT2D eigenvalue weighted by Gasteiger charge is -2.13. The molecule has 2 N–H and O–H groups in total. The second-order valence-electron chi connectivity index (χ2n) is 6.33. The smallest absolute Gasteiger partial charge is 0.223 e. The van der Waals surface area contributed by atoms with Gasteiger partial charge in [0.25, 0.3) is 0 Å². The van der Waals surface area contributed by atoms with Gasteiger partial charge in [-0.15, -0.1) is 15.0 Å². The second kappa shape index (κ2) is 7.74. The Bertz CT molecular complexity index is 938. The monoisotopic (exact) mass is 346 g/mol. The van der Waals surface area contributed by atoms with Crippen molar-refractivity contribution >= 4 is 11.3 Å². The molecular weight excluding hydrogens is 324 g/mol. The number of hydrogen-bond acceptors (Lipinski definition) is 5. The van der Waals surface area contributed by atoms with Crippen LogP contribution in [0.3, 0.4) is 0 Å². The zero-order valence-electron chi connectivity index (χ0n) is 15.2. The van der Waals surface area contributed by atoms with E-state index in [0.29, 0.717) is 23.1 Å². The highest BCUT2D eigenvalue weighted by atomic mass is 15.6. The maximum absolute atomic E-state index is 5.86. The first kappa shape index (κ1) is 17.5. The third-order valence-corrected chi connectivity index (χ3v) is 3.99. The quantitative estimate of drug-likeness (QED) is 0.715. The van der Waals surface area contributed by atoms with Crippen LogP contribution in [0.25, 0.3) is 22.8 Å². The van der Waals surface area contributed by atoms with Gasteiger partial charge < -0.3 is 5.73 Å². The van der Waals surface area contributed by atoms with Gasteiger partial charge in [-0.05, 0) is 47.4 Å². The normalized spacial score (nSPS) is 12.6. The second-order valence-corrected chi connectivity index (χ2v) is 6.33. The van der Waals surface area contributed by atoms with Crippen LogP contribution in [-0.4, -0.2) is 25.2 Å². The van der Waals surface area contributed by atoms with Crippen molar-refractivity contribution in [3.63, 3.8) is 0 Å². The van der Waals surface area contributed by atoms with Gasteiger partial charge in [0, 0.05) is 12.4 Å². The highest BCUT2D eigenvalue weighted by Crippen LogP contribution is 2.26. The molecule has 0 unspecified atom stereocenters. The van der Waals surface area contributed by atoms with Gasteiger partial charge in [-0.3, -0.25) is 4.98 Å². The molecule has 0 saturated heterocycles. The molecule has 3 rings (SSSR count). The highest BCUT2D eigenvalue weighted by Gasteiger charge is 2.12. The van der Waals surface area contributed by atoms with Crippen molar-refractivity contribution in [3.8, 4) is 11.5 Å². The van der Waals surface area contributed by atoms with E-state index < -0.39 is 0 Å². The van der Waals surface area contributed by atoms with E-state index in [9.17, 15) is 0 Å². The predicted molar refractivity (Wildman–Crippen MR) is 104 cm³/mol. The van der Waals surface area contributed by atoms with Gasteiger partial charge in [0.15, 0.2) is 0 Å². The van der Waals surface area contributed by atoms with E-state index in [1.165, 1.54) is 16.6 Å². The number of aryl methyl sites for hydroxylation is 1. The molecule has 6 heteroatoms. The van der Waals surface area contributed by atoms with Crippen molar-refractivity contribution in [2.45, 2.75) is 20.8 Å². The van der Waals surface area contributed by atoms with Crippen LogP contribution in [0, 0.1) is 12.8 Å². The largest absolute Gasteiger partial charge is 0.403 e. The molecular formula is C20H22N6. The van der Waals surface area contributed by atoms with Crippen LogP contribution in [-0.2, 0) is 0 Å². The lowest BCUT2D eigenvalue weighted by molar-refractivity contribution is 0.739. The first-order chi connectivity index (χ1) is 12.6. The van der Waals surface area contributed by atoms with E-state index in [2.05, 4.69) is 65.4 Å². The van der Waals surface area contributed by atoms with Crippen molar-refractivity contribution < 1.29 is 0 Å². The maximum Gasteiger partial charge on any atom is 0.223 e. The fourth-order valence-electron chi connectivity index (χ4n) is 2.66. The van der Waals surface area contributed by atoms with Crippen molar-refractivity contribution in [2.75, 3.05) is 0 Å². The van der Waals surface area contributed by atoms with Crippen LogP contribution < -0.4 is 5.73 Å². The number of rotatable bonds is 5. The van der Waals surface area contributed by atoms with E-state index >= 15 is 0 Å². The summed E-state index contributed by atoms with van der Waals surface area (Å²) in [6, 6.07) is 14.0. The zero-order valence-corrected chi connectivity index (χ0v) is 15.2. The number of nitrogens with zero attached hydrogens (tertiary/aromatic N) is 5. The Labute approximate surface area is 153 Å². The summed E-state index contributed by atoms with van der Waals surface area (Å²) in [4.78, 5) is 5.68. The summed E-state index contributed by atoms with van der Waals surface area (Å²) in [5, 5.41) is 12.6. The number of benzene rings is 1. The van der Waals surface area contributed by atoms with Crippen molar-refractivity contribution in [1.29, 1.82) is 0 Å². The van der Waals surface area contributed by atoms with Gasteiger partial charge >= 0.3 is 0 Å². The van der Waals surface area contributed by atoms with Crippen molar-refractivity contribution in [2.24, 2.45) is 11.7 Å². The fraction of sp³-hybridized carbons (Fsp3) is 0.200. The molecule has 0 saturated carbocycles. The van der Waals surface area contributed by atoms with E-state index in [-0.39, 0.29) is 0 Å². The minimum atomic E-state index is 0.311. The molecule has 1 aromatic carbocycles. The van der Waals surface area contributed by atoms with Crippen LogP contribution in [0.15, 0.2) is 60.9 Å². The topological polar surface area (TPSA) is 82.5 Å². The third-order valence-electron chi connectivity index (χ3n) is 3.99. The highest BCUT2D eigenvalue weighted by molar-refractivity contribution is 5.77. The Morgan fingerprint density at radius 1 is 1.15 bits per heavy atom. The Morgan fingerprint density at radius 3 is 2.65 bits per heavy atom. The lowest BCUT2D eigenvalue weighted by Crippen LogP contribution is -2.05. The molecule has 0 atom stereocenters. The Morgan fingerprint density at radius 2 is 2.00 bits per heavy atom. The lowest BCUT2D eigenvalue weighted by atomic mass is 9.93. The number of hydrogen-bond donors (Lipinski definition) is 1. The molecule has 2 aromatic heterocycles. The molecule has 2 heterocycles. The number of aromatic nitrogens is 5. The molecule has 0 amide bonds. The SMILES string of the molecule is Cc1cccc(/C(=C/C(=CN)n2nnc(-c3ccccn3)n2)C(C)C)c1. The molecule has 0 aliphatic heterocycles. The molecule has 0 fully saturated rings. The zero-order chi connectivity index (χ0) is 18.5. The Balaban J connectivity index is 1.98. The molecule has 3 aromatic rings. The van der Waals surface area contributed by atoms with Gasteiger partial charge in [-0.1, -0.05) is 49.7 Å². The summed E-state index contributed by atoms with van der Waals surface area (Å²) in [6.07, 6.45) is 5.19. The van der Waals surface area contributed by atoms with Gasteiger partial charge in [-0.25, -0.2) is 0 Å². The Kier molecular flexibility index (Phi) is 5.22. The molecule has 132 valence electrons. The van der Waals surface area contributed by atoms with Crippen LogP contribution in [0.4, 0.5) is 0 Å². The van der Waals surface area contributed by atoms with Crippen LogP contribution in [0.1, 0.15) is 25.0 Å². The molecule has 26 heavy (non-hydrogen) atoms. The molecule has 0 radical (unpaired) electrons. The number of allylic oxidation sites excluding steroid dienone is 3. The summed E-state index contributed by atoms with van der Waals surface area (Å²) >= 11 is 0. The Hall–Kier alpha value is -3.28. The van der Waals surface area contributed by atoms with E-state index in [1.54, 1.807) is 6.20 Å². The standard InChI is InChI=1S/C20H22N6/c1-14(2)18(16-8-6-7-15(3)11-16)12-17(13-21)26-24-20(23-25-26)19-9-4-5-10-22-19/h4-14H,21H2,1-3H3/b17-13?,18-12+. The van der Waals surface area contributed by atoms with E-state index in [1.807, 2.05) is 24.3 Å². The number of pyridine rings is 1. The maximum atomic E-state index is 5.86. The molecule has 0 bridgehead atoms. The van der Waals surface area contributed by atoms with E-state index in [4.69, 9.17) is 5.73 Å². The molecule has 0 spiro atoms. The van der Waals surface area contributed by atoms with E-state index in [0.717, 1.165) is 11.1 Å². The number of tetrazole rings is 1. The van der Waals surface area contributed by atoms with Gasteiger partial charge in [-0.2, -0.15) is 0 Å². The summed E-state index contributed by atoms with van der Waals surface area (Å²) in [6.45, 7) is 6.38.